The molecule has 5 rings (SSSR count). The van der Waals surface area contributed by atoms with Gasteiger partial charge in [-0.15, -0.1) is 0 Å². The molecule has 2 nitrogen and oxygen atoms in total. The summed E-state index contributed by atoms with van der Waals surface area (Å²) in [5.41, 5.74) is 1.34. The Hall–Kier alpha value is -0.370. The maximum Gasteiger partial charge on any atom is 0.133 e. The molecule has 0 saturated heterocycles. The van der Waals surface area contributed by atoms with Crippen molar-refractivity contribution < 1.29 is 9.53 Å². The predicted octanol–water partition coefficient (Wildman–Crippen LogP) is 5.25. The number of methoxy groups -OCH3 is 1. The predicted molar refractivity (Wildman–Crippen MR) is 99.1 cm³/mol. The second kappa shape index (κ2) is 5.12. The van der Waals surface area contributed by atoms with Gasteiger partial charge in [0.2, 0.25) is 0 Å². The van der Waals surface area contributed by atoms with Crippen LogP contribution in [-0.2, 0) is 9.53 Å². The van der Waals surface area contributed by atoms with Crippen molar-refractivity contribution in [1.82, 2.24) is 0 Å². The molecule has 140 valence electrons. The van der Waals surface area contributed by atoms with Crippen molar-refractivity contribution in [1.29, 1.82) is 0 Å². The molecular weight excluding hydrogens is 308 g/mol. The average molecular weight is 345 g/mol. The largest absolute Gasteiger partial charge is 0.381 e. The first kappa shape index (κ1) is 16.8. The van der Waals surface area contributed by atoms with Gasteiger partial charge in [0.05, 0.1) is 6.10 Å². The standard InChI is InChI=1S/C23H36O2/c1-5-22-11-9-18-16(19(22)7-6-17(22)14(2)24)12-20(25-4)23-13-15(23)8-10-21(18,23)3/h15-20H,5-13H2,1-4H3/t15-,16-,17-,18+,19+,20-,21-,22-,23?/m1/s1. The summed E-state index contributed by atoms with van der Waals surface area (Å²) in [4.78, 5) is 12.4. The molecule has 9 atom stereocenters. The topological polar surface area (TPSA) is 26.3 Å². The Morgan fingerprint density at radius 2 is 1.92 bits per heavy atom. The second-order valence-corrected chi connectivity index (χ2v) is 10.6. The summed E-state index contributed by atoms with van der Waals surface area (Å²) in [6, 6.07) is 0. The summed E-state index contributed by atoms with van der Waals surface area (Å²) in [5.74, 6) is 4.22. The molecule has 0 aliphatic heterocycles. The van der Waals surface area contributed by atoms with Gasteiger partial charge in [0.1, 0.15) is 5.78 Å². The number of ketones is 1. The summed E-state index contributed by atoms with van der Waals surface area (Å²) in [6.07, 6.45) is 12.4. The molecule has 0 amide bonds. The highest BCUT2D eigenvalue weighted by Crippen LogP contribution is 2.82. The number of hydrogen-bond acceptors (Lipinski definition) is 2. The first-order valence-corrected chi connectivity index (χ1v) is 11.0. The van der Waals surface area contributed by atoms with Gasteiger partial charge in [0.25, 0.3) is 0 Å². The van der Waals surface area contributed by atoms with Crippen LogP contribution in [0.25, 0.3) is 0 Å². The molecule has 0 heterocycles. The molecule has 0 aromatic heterocycles. The van der Waals surface area contributed by atoms with Gasteiger partial charge >= 0.3 is 0 Å². The number of hydrogen-bond donors (Lipinski definition) is 0. The van der Waals surface area contributed by atoms with Crippen LogP contribution in [0.4, 0.5) is 0 Å². The van der Waals surface area contributed by atoms with Crippen LogP contribution >= 0.6 is 0 Å². The van der Waals surface area contributed by atoms with E-state index in [0.717, 1.165) is 30.1 Å². The number of carbonyl (C=O) groups excluding carboxylic acids is 1. The lowest BCUT2D eigenvalue weighted by Gasteiger charge is -2.61. The molecule has 5 fully saturated rings. The van der Waals surface area contributed by atoms with E-state index in [4.69, 9.17) is 4.74 Å². The lowest BCUT2D eigenvalue weighted by Crippen LogP contribution is -2.57. The van der Waals surface area contributed by atoms with Gasteiger partial charge < -0.3 is 4.74 Å². The van der Waals surface area contributed by atoms with Crippen LogP contribution in [0.3, 0.4) is 0 Å². The SMILES string of the molecule is CC[C@]12CC[C@H]3[C@@H](C[C@@H](OC)C45C[C@H]4CC[C@]35C)[C@@H]1CC[C@@H]2C(C)=O. The lowest BCUT2D eigenvalue weighted by atomic mass is 9.44. The maximum atomic E-state index is 12.4. The van der Waals surface area contributed by atoms with Crippen LogP contribution in [0.15, 0.2) is 0 Å². The van der Waals surface area contributed by atoms with Crippen molar-refractivity contribution in [2.24, 2.45) is 45.8 Å². The number of ether oxygens (including phenoxy) is 1. The molecule has 5 aliphatic carbocycles. The molecular formula is C23H36O2. The zero-order chi connectivity index (χ0) is 17.6. The van der Waals surface area contributed by atoms with Gasteiger partial charge in [0.15, 0.2) is 0 Å². The minimum atomic E-state index is 0.313. The average Bonchev–Trinajstić information content (AvgIpc) is 3.06. The highest BCUT2D eigenvalue weighted by molar-refractivity contribution is 5.79. The molecule has 0 N–H and O–H groups in total. The van der Waals surface area contributed by atoms with Crippen molar-refractivity contribution >= 4 is 5.78 Å². The molecule has 0 aromatic carbocycles. The normalized spacial score (nSPS) is 58.9. The van der Waals surface area contributed by atoms with Crippen molar-refractivity contribution in [3.8, 4) is 0 Å². The Kier molecular flexibility index (Phi) is 3.43. The van der Waals surface area contributed by atoms with Crippen LogP contribution in [0.2, 0.25) is 0 Å². The van der Waals surface area contributed by atoms with E-state index < -0.39 is 0 Å². The molecule has 0 aromatic rings. The van der Waals surface area contributed by atoms with Crippen LogP contribution in [0.5, 0.6) is 0 Å². The Morgan fingerprint density at radius 1 is 1.12 bits per heavy atom. The highest BCUT2D eigenvalue weighted by atomic mass is 16.5. The summed E-state index contributed by atoms with van der Waals surface area (Å²) >= 11 is 0. The monoisotopic (exact) mass is 344 g/mol. The summed E-state index contributed by atoms with van der Waals surface area (Å²) < 4.78 is 6.19. The molecule has 1 spiro atoms. The number of Topliss-reactive ketones (excluding diaryl/α,β-unsaturated/α-hetero) is 1. The second-order valence-electron chi connectivity index (χ2n) is 10.6. The van der Waals surface area contributed by atoms with Crippen molar-refractivity contribution in [2.45, 2.75) is 84.7 Å². The molecule has 2 heteroatoms. The number of rotatable bonds is 3. The van der Waals surface area contributed by atoms with Crippen LogP contribution < -0.4 is 0 Å². The van der Waals surface area contributed by atoms with E-state index in [1.807, 2.05) is 14.0 Å². The first-order chi connectivity index (χ1) is 11.9. The van der Waals surface area contributed by atoms with Crippen molar-refractivity contribution in [2.75, 3.05) is 7.11 Å². The highest BCUT2D eigenvalue weighted by Gasteiger charge is 2.77. The van der Waals surface area contributed by atoms with E-state index in [2.05, 4.69) is 13.8 Å². The minimum Gasteiger partial charge on any atom is -0.381 e. The van der Waals surface area contributed by atoms with E-state index in [-0.39, 0.29) is 0 Å². The molecule has 0 radical (unpaired) electrons. The van der Waals surface area contributed by atoms with E-state index >= 15 is 0 Å². The first-order valence-electron chi connectivity index (χ1n) is 11.0. The summed E-state index contributed by atoms with van der Waals surface area (Å²) in [6.45, 7) is 6.86. The van der Waals surface area contributed by atoms with Crippen LogP contribution in [0.1, 0.15) is 78.6 Å². The fourth-order valence-corrected chi connectivity index (χ4v) is 9.68. The smallest absolute Gasteiger partial charge is 0.133 e. The van der Waals surface area contributed by atoms with Gasteiger partial charge in [0, 0.05) is 18.4 Å². The molecule has 25 heavy (non-hydrogen) atoms. The fraction of sp³-hybridized carbons (Fsp3) is 0.957. The number of carbonyl (C=O) groups is 1. The summed E-state index contributed by atoms with van der Waals surface area (Å²) in [7, 11) is 1.97. The molecule has 5 aliphatic rings. The molecule has 1 unspecified atom stereocenters. The van der Waals surface area contributed by atoms with Crippen LogP contribution in [-0.4, -0.2) is 19.0 Å². The van der Waals surface area contributed by atoms with Crippen LogP contribution in [0, 0.1) is 45.8 Å². The van der Waals surface area contributed by atoms with Gasteiger partial charge in [-0.25, -0.2) is 0 Å². The van der Waals surface area contributed by atoms with Gasteiger partial charge in [-0.1, -0.05) is 13.8 Å². The summed E-state index contributed by atoms with van der Waals surface area (Å²) in [5, 5.41) is 0. The van der Waals surface area contributed by atoms with Gasteiger partial charge in [-0.3, -0.25) is 4.79 Å². The van der Waals surface area contributed by atoms with Gasteiger partial charge in [-0.2, -0.15) is 0 Å². The molecule has 5 saturated carbocycles. The van der Waals surface area contributed by atoms with Crippen molar-refractivity contribution in [3.63, 3.8) is 0 Å². The van der Waals surface area contributed by atoms with Crippen molar-refractivity contribution in [3.05, 3.63) is 0 Å². The Morgan fingerprint density at radius 3 is 2.56 bits per heavy atom. The third kappa shape index (κ3) is 1.74. The minimum absolute atomic E-state index is 0.313. The van der Waals surface area contributed by atoms with Gasteiger partial charge in [-0.05, 0) is 99.2 Å². The Labute approximate surface area is 153 Å². The third-order valence-corrected chi connectivity index (χ3v) is 10.7. The van der Waals surface area contributed by atoms with E-state index in [1.165, 1.54) is 51.4 Å². The zero-order valence-electron chi connectivity index (χ0n) is 16.6. The molecule has 0 bridgehead atoms. The number of fused-ring (bicyclic) bond motifs is 4. The van der Waals surface area contributed by atoms with E-state index in [0.29, 0.717) is 34.1 Å². The lowest BCUT2D eigenvalue weighted by molar-refractivity contribution is -0.164. The fourth-order valence-electron chi connectivity index (χ4n) is 9.68. The zero-order valence-corrected chi connectivity index (χ0v) is 16.6. The Balaban J connectivity index is 1.54. The van der Waals surface area contributed by atoms with E-state index in [9.17, 15) is 4.79 Å². The quantitative estimate of drug-likeness (QED) is 0.699. The third-order valence-electron chi connectivity index (χ3n) is 10.7. The van der Waals surface area contributed by atoms with E-state index in [1.54, 1.807) is 0 Å². The Bertz CT molecular complexity index is 599. The maximum absolute atomic E-state index is 12.4.